The average Bonchev–Trinajstić information content (AvgIpc) is 2.23. The van der Waals surface area contributed by atoms with Gasteiger partial charge in [-0.25, -0.2) is 0 Å². The van der Waals surface area contributed by atoms with E-state index in [0.717, 1.165) is 0 Å². The molecule has 0 spiro atoms. The Bertz CT molecular complexity index is 174. The molecular weight excluding hydrogens is 208 g/mol. The lowest BCUT2D eigenvalue weighted by atomic mass is 9.97. The average molecular weight is 226 g/mol. The molecule has 0 fully saturated rings. The molecule has 0 bridgehead atoms. The summed E-state index contributed by atoms with van der Waals surface area (Å²) in [7, 11) is 0. The Kier molecular flexibility index (Phi) is 6.22. The third-order valence-corrected chi connectivity index (χ3v) is 2.13. The summed E-state index contributed by atoms with van der Waals surface area (Å²) in [6.45, 7) is 0.394. The van der Waals surface area contributed by atoms with Crippen molar-refractivity contribution in [2.24, 2.45) is 0 Å². The number of aliphatic hydroxyl groups is 7. The summed E-state index contributed by atoms with van der Waals surface area (Å²) in [4.78, 5) is 0. The second-order valence-electron chi connectivity index (χ2n) is 3.45. The molecule has 0 aliphatic heterocycles. The molecule has 92 valence electrons. The minimum Gasteiger partial charge on any atom is -0.394 e. The first-order chi connectivity index (χ1) is 6.82. The Morgan fingerprint density at radius 3 is 1.47 bits per heavy atom. The summed E-state index contributed by atoms with van der Waals surface area (Å²) >= 11 is 0. The highest BCUT2D eigenvalue weighted by atomic mass is 16.4. The summed E-state index contributed by atoms with van der Waals surface area (Å²) in [5.74, 6) is 0. The van der Waals surface area contributed by atoms with Crippen LogP contribution in [0.2, 0.25) is 0 Å². The topological polar surface area (TPSA) is 142 Å². The second kappa shape index (κ2) is 6.33. The first kappa shape index (κ1) is 14.7. The Labute approximate surface area is 86.9 Å². The molecule has 0 aliphatic rings. The smallest absolute Gasteiger partial charge is 0.111 e. The van der Waals surface area contributed by atoms with Crippen LogP contribution in [-0.4, -0.2) is 79.0 Å². The Hall–Kier alpha value is -0.280. The van der Waals surface area contributed by atoms with Crippen LogP contribution in [0, 0.1) is 0 Å². The number of rotatable bonds is 6. The summed E-state index contributed by atoms with van der Waals surface area (Å²) in [6, 6.07) is 0. The molecule has 0 rings (SSSR count). The normalized spacial score (nSPS) is 24.0. The van der Waals surface area contributed by atoms with Gasteiger partial charge in [0.15, 0.2) is 0 Å². The van der Waals surface area contributed by atoms with Gasteiger partial charge in [0.2, 0.25) is 0 Å². The van der Waals surface area contributed by atoms with Gasteiger partial charge < -0.3 is 35.7 Å². The van der Waals surface area contributed by atoms with Crippen molar-refractivity contribution in [2.45, 2.75) is 43.5 Å². The summed E-state index contributed by atoms with van der Waals surface area (Å²) in [5.41, 5.74) is 0. The van der Waals surface area contributed by atoms with E-state index in [1.165, 1.54) is 6.92 Å². The molecule has 0 saturated carbocycles. The minimum absolute atomic E-state index is 0.796. The zero-order valence-corrected chi connectivity index (χ0v) is 8.30. The second-order valence-corrected chi connectivity index (χ2v) is 3.45. The predicted molar refractivity (Wildman–Crippen MR) is 48.8 cm³/mol. The highest BCUT2D eigenvalue weighted by Crippen LogP contribution is 2.10. The first-order valence-corrected chi connectivity index (χ1v) is 4.52. The van der Waals surface area contributed by atoms with Crippen molar-refractivity contribution in [3.63, 3.8) is 0 Å². The molecular formula is C8H18O7. The number of aliphatic hydroxyl groups excluding tert-OH is 7. The number of hydrogen-bond donors (Lipinski definition) is 7. The van der Waals surface area contributed by atoms with Crippen LogP contribution in [-0.2, 0) is 0 Å². The van der Waals surface area contributed by atoms with Crippen LogP contribution in [0.15, 0.2) is 0 Å². The third-order valence-electron chi connectivity index (χ3n) is 2.13. The Morgan fingerprint density at radius 1 is 0.733 bits per heavy atom. The van der Waals surface area contributed by atoms with Crippen LogP contribution in [0.1, 0.15) is 6.92 Å². The SMILES string of the molecule is CC(O)C(O)C(O)C(O)C(O)C(O)CO. The third kappa shape index (κ3) is 3.99. The van der Waals surface area contributed by atoms with E-state index in [1.54, 1.807) is 0 Å². The van der Waals surface area contributed by atoms with Gasteiger partial charge in [0.1, 0.15) is 30.5 Å². The maximum absolute atomic E-state index is 9.26. The predicted octanol–water partition coefficient (Wildman–Crippen LogP) is -3.84. The maximum Gasteiger partial charge on any atom is 0.111 e. The van der Waals surface area contributed by atoms with Crippen molar-refractivity contribution >= 4 is 0 Å². The van der Waals surface area contributed by atoms with E-state index in [0.29, 0.717) is 0 Å². The van der Waals surface area contributed by atoms with Gasteiger partial charge in [-0.1, -0.05) is 0 Å². The van der Waals surface area contributed by atoms with Crippen molar-refractivity contribution in [3.05, 3.63) is 0 Å². The minimum atomic E-state index is -1.86. The van der Waals surface area contributed by atoms with Gasteiger partial charge in [-0.2, -0.15) is 0 Å². The molecule has 7 heteroatoms. The van der Waals surface area contributed by atoms with Crippen molar-refractivity contribution in [2.75, 3.05) is 6.61 Å². The van der Waals surface area contributed by atoms with Crippen molar-refractivity contribution in [1.29, 1.82) is 0 Å². The van der Waals surface area contributed by atoms with Crippen LogP contribution >= 0.6 is 0 Å². The fourth-order valence-corrected chi connectivity index (χ4v) is 1.03. The van der Waals surface area contributed by atoms with Gasteiger partial charge in [-0.05, 0) is 6.92 Å². The fourth-order valence-electron chi connectivity index (χ4n) is 1.03. The molecule has 0 aromatic heterocycles. The molecule has 6 atom stereocenters. The molecule has 15 heavy (non-hydrogen) atoms. The van der Waals surface area contributed by atoms with Gasteiger partial charge in [-0.3, -0.25) is 0 Å². The van der Waals surface area contributed by atoms with Gasteiger partial charge in [-0.15, -0.1) is 0 Å². The largest absolute Gasteiger partial charge is 0.394 e. The molecule has 0 radical (unpaired) electrons. The quantitative estimate of drug-likeness (QED) is 0.246. The van der Waals surface area contributed by atoms with Crippen LogP contribution < -0.4 is 0 Å². The van der Waals surface area contributed by atoms with Gasteiger partial charge in [0.05, 0.1) is 12.7 Å². The van der Waals surface area contributed by atoms with Crippen LogP contribution in [0.25, 0.3) is 0 Å². The van der Waals surface area contributed by atoms with E-state index in [-0.39, 0.29) is 0 Å². The molecule has 6 unspecified atom stereocenters. The molecule has 0 aromatic carbocycles. The fraction of sp³-hybridized carbons (Fsp3) is 1.00. The highest BCUT2D eigenvalue weighted by Gasteiger charge is 2.35. The standard InChI is InChI=1S/C8H18O7/c1-3(10)5(12)7(14)8(15)6(13)4(11)2-9/h3-15H,2H2,1H3. The van der Waals surface area contributed by atoms with Crippen LogP contribution in [0.5, 0.6) is 0 Å². The van der Waals surface area contributed by atoms with E-state index in [1.807, 2.05) is 0 Å². The molecule has 0 amide bonds. The van der Waals surface area contributed by atoms with Gasteiger partial charge in [0.25, 0.3) is 0 Å². The van der Waals surface area contributed by atoms with Crippen LogP contribution in [0.3, 0.4) is 0 Å². The maximum atomic E-state index is 9.26. The highest BCUT2D eigenvalue weighted by molar-refractivity contribution is 4.86. The zero-order valence-electron chi connectivity index (χ0n) is 8.30. The van der Waals surface area contributed by atoms with E-state index >= 15 is 0 Å². The number of hydrogen-bond acceptors (Lipinski definition) is 7. The molecule has 0 heterocycles. The van der Waals surface area contributed by atoms with Crippen molar-refractivity contribution in [1.82, 2.24) is 0 Å². The lowest BCUT2D eigenvalue weighted by Crippen LogP contribution is -2.52. The van der Waals surface area contributed by atoms with Gasteiger partial charge >= 0.3 is 0 Å². The van der Waals surface area contributed by atoms with Crippen molar-refractivity contribution < 1.29 is 35.7 Å². The monoisotopic (exact) mass is 226 g/mol. The Morgan fingerprint density at radius 2 is 1.13 bits per heavy atom. The van der Waals surface area contributed by atoms with E-state index in [9.17, 15) is 15.3 Å². The lowest BCUT2D eigenvalue weighted by molar-refractivity contribution is -0.155. The van der Waals surface area contributed by atoms with Crippen LogP contribution in [0.4, 0.5) is 0 Å². The molecule has 0 saturated heterocycles. The summed E-state index contributed by atoms with van der Waals surface area (Å²) in [6.07, 6.45) is -10.1. The molecule has 7 N–H and O–H groups in total. The van der Waals surface area contributed by atoms with E-state index in [4.69, 9.17) is 20.4 Å². The summed E-state index contributed by atoms with van der Waals surface area (Å²) < 4.78 is 0. The van der Waals surface area contributed by atoms with Crippen molar-refractivity contribution in [3.8, 4) is 0 Å². The Balaban J connectivity index is 4.36. The molecule has 7 nitrogen and oxygen atoms in total. The zero-order chi connectivity index (χ0) is 12.2. The van der Waals surface area contributed by atoms with E-state index in [2.05, 4.69) is 0 Å². The first-order valence-electron chi connectivity index (χ1n) is 4.52. The van der Waals surface area contributed by atoms with E-state index < -0.39 is 43.2 Å². The molecule has 0 aliphatic carbocycles. The summed E-state index contributed by atoms with van der Waals surface area (Å²) in [5, 5.41) is 63.2. The lowest BCUT2D eigenvalue weighted by Gasteiger charge is -2.29. The molecule has 0 aromatic rings. The van der Waals surface area contributed by atoms with Gasteiger partial charge in [0, 0.05) is 0 Å².